The summed E-state index contributed by atoms with van der Waals surface area (Å²) in [6.45, 7) is 1.55. The number of hydrazone groups is 1. The zero-order chi connectivity index (χ0) is 15.5. The Balaban J connectivity index is 1.90. The predicted octanol–water partition coefficient (Wildman–Crippen LogP) is 3.39. The summed E-state index contributed by atoms with van der Waals surface area (Å²) in [5.74, 6) is 0.766. The van der Waals surface area contributed by atoms with Crippen molar-refractivity contribution < 1.29 is 9.53 Å². The molecular formula is C18H18N2O2. The Labute approximate surface area is 130 Å². The minimum atomic E-state index is -0.0441. The van der Waals surface area contributed by atoms with E-state index in [4.69, 9.17) is 4.74 Å². The highest BCUT2D eigenvalue weighted by Crippen LogP contribution is 2.32. The highest BCUT2D eigenvalue weighted by atomic mass is 16.5. The standard InChI is InChI=1S/C18H18N2O2/c1-13(21)20-18(15-6-4-3-5-7-15)12-17(19-20)14-8-10-16(22-2)11-9-14/h3-11,18H,12H2,1-2H3/t18-/m1/s1. The Hall–Kier alpha value is -2.62. The molecule has 0 N–H and O–H groups in total. The van der Waals surface area contributed by atoms with Crippen LogP contribution in [0.2, 0.25) is 0 Å². The number of carbonyl (C=O) groups excluding carboxylic acids is 1. The van der Waals surface area contributed by atoms with Gasteiger partial charge in [-0.1, -0.05) is 30.3 Å². The first-order valence-corrected chi connectivity index (χ1v) is 7.25. The molecule has 4 heteroatoms. The molecule has 1 amide bonds. The number of nitrogens with zero attached hydrogens (tertiary/aromatic N) is 2. The third-order valence-corrected chi connectivity index (χ3v) is 3.84. The van der Waals surface area contributed by atoms with Crippen LogP contribution in [0.5, 0.6) is 5.75 Å². The maximum Gasteiger partial charge on any atom is 0.240 e. The van der Waals surface area contributed by atoms with Gasteiger partial charge in [-0.15, -0.1) is 0 Å². The van der Waals surface area contributed by atoms with Gasteiger partial charge in [0.25, 0.3) is 0 Å². The van der Waals surface area contributed by atoms with Crippen LogP contribution in [0, 0.1) is 0 Å². The first-order chi connectivity index (χ1) is 10.7. The fourth-order valence-electron chi connectivity index (χ4n) is 2.69. The highest BCUT2D eigenvalue weighted by Gasteiger charge is 2.31. The van der Waals surface area contributed by atoms with Crippen LogP contribution in [0.15, 0.2) is 59.7 Å². The molecule has 1 aliphatic rings. The number of hydrogen-bond acceptors (Lipinski definition) is 3. The minimum absolute atomic E-state index is 0.0317. The van der Waals surface area contributed by atoms with Crippen molar-refractivity contribution in [1.29, 1.82) is 0 Å². The van der Waals surface area contributed by atoms with Gasteiger partial charge in [-0.05, 0) is 35.4 Å². The van der Waals surface area contributed by atoms with Crippen molar-refractivity contribution in [2.75, 3.05) is 7.11 Å². The molecule has 0 bridgehead atoms. The van der Waals surface area contributed by atoms with E-state index in [1.54, 1.807) is 19.0 Å². The van der Waals surface area contributed by atoms with Crippen molar-refractivity contribution in [3.05, 3.63) is 65.7 Å². The van der Waals surface area contributed by atoms with E-state index in [0.717, 1.165) is 29.0 Å². The average molecular weight is 294 g/mol. The van der Waals surface area contributed by atoms with Crippen LogP contribution >= 0.6 is 0 Å². The molecule has 0 aliphatic carbocycles. The Bertz CT molecular complexity index is 693. The zero-order valence-corrected chi connectivity index (χ0v) is 12.7. The molecule has 2 aromatic carbocycles. The molecule has 4 nitrogen and oxygen atoms in total. The SMILES string of the molecule is COc1ccc(C2=NN(C(C)=O)[C@@H](c3ccccc3)C2)cc1. The summed E-state index contributed by atoms with van der Waals surface area (Å²) in [4.78, 5) is 11.9. The van der Waals surface area contributed by atoms with E-state index in [1.165, 1.54) is 0 Å². The fourth-order valence-corrected chi connectivity index (χ4v) is 2.69. The maximum atomic E-state index is 11.9. The molecule has 1 heterocycles. The van der Waals surface area contributed by atoms with E-state index in [9.17, 15) is 4.79 Å². The number of amides is 1. The number of carbonyl (C=O) groups is 1. The lowest BCUT2D eigenvalue weighted by Gasteiger charge is -2.20. The monoisotopic (exact) mass is 294 g/mol. The van der Waals surface area contributed by atoms with Gasteiger partial charge in [0.1, 0.15) is 5.75 Å². The lowest BCUT2D eigenvalue weighted by Crippen LogP contribution is -2.24. The molecule has 1 aliphatic heterocycles. The Morgan fingerprint density at radius 3 is 2.41 bits per heavy atom. The van der Waals surface area contributed by atoms with Gasteiger partial charge in [-0.25, -0.2) is 5.01 Å². The topological polar surface area (TPSA) is 41.9 Å². The van der Waals surface area contributed by atoms with Crippen molar-refractivity contribution in [2.45, 2.75) is 19.4 Å². The second kappa shape index (κ2) is 6.02. The number of rotatable bonds is 3. The van der Waals surface area contributed by atoms with Crippen molar-refractivity contribution in [1.82, 2.24) is 5.01 Å². The van der Waals surface area contributed by atoms with Gasteiger partial charge in [-0.3, -0.25) is 4.79 Å². The van der Waals surface area contributed by atoms with Crippen LogP contribution in [0.3, 0.4) is 0 Å². The second-order valence-corrected chi connectivity index (χ2v) is 5.27. The van der Waals surface area contributed by atoms with E-state index in [0.29, 0.717) is 0 Å². The molecule has 1 atom stereocenters. The first-order valence-electron chi connectivity index (χ1n) is 7.25. The van der Waals surface area contributed by atoms with Gasteiger partial charge < -0.3 is 4.74 Å². The van der Waals surface area contributed by atoms with Crippen LogP contribution in [-0.4, -0.2) is 23.7 Å². The van der Waals surface area contributed by atoms with Crippen molar-refractivity contribution >= 4 is 11.6 Å². The average Bonchev–Trinajstić information content (AvgIpc) is 3.01. The zero-order valence-electron chi connectivity index (χ0n) is 12.7. The summed E-state index contributed by atoms with van der Waals surface area (Å²) in [5, 5.41) is 6.11. The van der Waals surface area contributed by atoms with Crippen LogP contribution in [0.4, 0.5) is 0 Å². The minimum Gasteiger partial charge on any atom is -0.497 e. The highest BCUT2D eigenvalue weighted by molar-refractivity contribution is 6.03. The van der Waals surface area contributed by atoms with Gasteiger partial charge in [0.05, 0.1) is 18.9 Å². The van der Waals surface area contributed by atoms with E-state index < -0.39 is 0 Å². The largest absolute Gasteiger partial charge is 0.497 e. The van der Waals surface area contributed by atoms with Gasteiger partial charge in [0.15, 0.2) is 0 Å². The van der Waals surface area contributed by atoms with E-state index in [1.807, 2.05) is 54.6 Å². The maximum absolute atomic E-state index is 11.9. The molecule has 0 radical (unpaired) electrons. The number of hydrogen-bond donors (Lipinski definition) is 0. The third kappa shape index (κ3) is 2.72. The van der Waals surface area contributed by atoms with Gasteiger partial charge >= 0.3 is 0 Å². The Kier molecular flexibility index (Phi) is 3.92. The molecule has 3 rings (SSSR count). The molecule has 0 saturated carbocycles. The molecule has 0 aromatic heterocycles. The van der Waals surface area contributed by atoms with E-state index in [-0.39, 0.29) is 11.9 Å². The molecule has 0 fully saturated rings. The molecule has 22 heavy (non-hydrogen) atoms. The van der Waals surface area contributed by atoms with Crippen LogP contribution in [0.25, 0.3) is 0 Å². The smallest absolute Gasteiger partial charge is 0.240 e. The van der Waals surface area contributed by atoms with Crippen molar-refractivity contribution in [2.24, 2.45) is 5.10 Å². The summed E-state index contributed by atoms with van der Waals surface area (Å²) < 4.78 is 5.18. The summed E-state index contributed by atoms with van der Waals surface area (Å²) in [6.07, 6.45) is 0.718. The summed E-state index contributed by atoms with van der Waals surface area (Å²) in [5.41, 5.74) is 3.04. The van der Waals surface area contributed by atoms with Crippen LogP contribution in [-0.2, 0) is 4.79 Å². The molecule has 2 aromatic rings. The van der Waals surface area contributed by atoms with Crippen LogP contribution in [0.1, 0.15) is 30.5 Å². The molecule has 112 valence electrons. The second-order valence-electron chi connectivity index (χ2n) is 5.27. The van der Waals surface area contributed by atoms with Gasteiger partial charge in [0, 0.05) is 13.3 Å². The van der Waals surface area contributed by atoms with E-state index >= 15 is 0 Å². The Morgan fingerprint density at radius 2 is 1.82 bits per heavy atom. The first kappa shape index (κ1) is 14.3. The molecule has 0 unspecified atom stereocenters. The van der Waals surface area contributed by atoms with Crippen LogP contribution < -0.4 is 4.74 Å². The normalized spacial score (nSPS) is 17.3. The van der Waals surface area contributed by atoms with Crippen molar-refractivity contribution in [3.8, 4) is 5.75 Å². The molecule has 0 spiro atoms. The molecular weight excluding hydrogens is 276 g/mol. The predicted molar refractivity (Wildman–Crippen MR) is 85.9 cm³/mol. The lowest BCUT2D eigenvalue weighted by atomic mass is 9.98. The lowest BCUT2D eigenvalue weighted by molar-refractivity contribution is -0.130. The van der Waals surface area contributed by atoms with E-state index in [2.05, 4.69) is 5.10 Å². The summed E-state index contributed by atoms with van der Waals surface area (Å²) in [6, 6.07) is 17.8. The quantitative estimate of drug-likeness (QED) is 0.870. The van der Waals surface area contributed by atoms with Crippen molar-refractivity contribution in [3.63, 3.8) is 0 Å². The Morgan fingerprint density at radius 1 is 1.14 bits per heavy atom. The third-order valence-electron chi connectivity index (χ3n) is 3.84. The summed E-state index contributed by atoms with van der Waals surface area (Å²) >= 11 is 0. The fraction of sp³-hybridized carbons (Fsp3) is 0.222. The van der Waals surface area contributed by atoms with Gasteiger partial charge in [-0.2, -0.15) is 5.10 Å². The summed E-state index contributed by atoms with van der Waals surface area (Å²) in [7, 11) is 1.64. The van der Waals surface area contributed by atoms with Gasteiger partial charge in [0.2, 0.25) is 5.91 Å². The molecule has 0 saturated heterocycles. The number of benzene rings is 2. The number of ether oxygens (including phenoxy) is 1. The number of methoxy groups -OCH3 is 1.